The average Bonchev–Trinajstić information content (AvgIpc) is 3.15. The minimum Gasteiger partial charge on any atom is -0.325 e. The number of nitrogens with one attached hydrogen (secondary N) is 2. The molecule has 0 atom stereocenters. The Kier molecular flexibility index (Phi) is 6.69. The molecule has 0 bridgehead atoms. The molecule has 0 aliphatic rings. The first-order valence-electron chi connectivity index (χ1n) is 8.40. The number of nitro groups is 1. The standard InChI is InChI=1S/C18H14FN5O4S2/c1-10-2-3-11(8-14(10)24(27)28)16(26)21-17-22-23-18(30-17)29-9-15(25)20-13-6-4-12(19)5-7-13/h2-8H,9H2,1H3,(H,20,25)(H,21,22,26). The molecule has 3 aromatic rings. The molecule has 0 unspecified atom stereocenters. The second-order valence-electron chi connectivity index (χ2n) is 5.93. The van der Waals surface area contributed by atoms with Gasteiger partial charge in [-0.3, -0.25) is 25.0 Å². The highest BCUT2D eigenvalue weighted by molar-refractivity contribution is 8.01. The van der Waals surface area contributed by atoms with Crippen molar-refractivity contribution >= 4 is 51.4 Å². The van der Waals surface area contributed by atoms with Crippen LogP contribution in [0.1, 0.15) is 15.9 Å². The van der Waals surface area contributed by atoms with Crippen molar-refractivity contribution < 1.29 is 18.9 Å². The lowest BCUT2D eigenvalue weighted by Crippen LogP contribution is -2.13. The Bertz CT molecular complexity index is 1100. The lowest BCUT2D eigenvalue weighted by atomic mass is 10.1. The summed E-state index contributed by atoms with van der Waals surface area (Å²) in [6, 6.07) is 9.55. The largest absolute Gasteiger partial charge is 0.325 e. The van der Waals surface area contributed by atoms with Crippen LogP contribution in [0, 0.1) is 22.9 Å². The van der Waals surface area contributed by atoms with Gasteiger partial charge in [0.25, 0.3) is 11.6 Å². The molecule has 9 nitrogen and oxygen atoms in total. The van der Waals surface area contributed by atoms with E-state index >= 15 is 0 Å². The summed E-state index contributed by atoms with van der Waals surface area (Å²) in [5.74, 6) is -1.21. The van der Waals surface area contributed by atoms with Crippen LogP contribution in [0.5, 0.6) is 0 Å². The second-order valence-corrected chi connectivity index (χ2v) is 8.13. The van der Waals surface area contributed by atoms with Crippen LogP contribution >= 0.6 is 23.1 Å². The van der Waals surface area contributed by atoms with Gasteiger partial charge in [-0.1, -0.05) is 29.2 Å². The van der Waals surface area contributed by atoms with Crippen molar-refractivity contribution in [2.24, 2.45) is 0 Å². The van der Waals surface area contributed by atoms with Crippen LogP contribution in [0.2, 0.25) is 0 Å². The molecular formula is C18H14FN5O4S2. The summed E-state index contributed by atoms with van der Waals surface area (Å²) in [5.41, 5.74) is 0.892. The predicted octanol–water partition coefficient (Wildman–Crippen LogP) is 3.88. The van der Waals surface area contributed by atoms with Crippen LogP contribution in [-0.2, 0) is 4.79 Å². The summed E-state index contributed by atoms with van der Waals surface area (Å²) in [6.07, 6.45) is 0. The number of hydrogen-bond acceptors (Lipinski definition) is 8. The van der Waals surface area contributed by atoms with Gasteiger partial charge in [0.15, 0.2) is 4.34 Å². The molecule has 2 N–H and O–H groups in total. The lowest BCUT2D eigenvalue weighted by Gasteiger charge is -2.03. The Morgan fingerprint density at radius 3 is 2.60 bits per heavy atom. The Labute approximate surface area is 177 Å². The van der Waals surface area contributed by atoms with Crippen LogP contribution in [0.4, 0.5) is 20.9 Å². The third kappa shape index (κ3) is 5.58. The number of amides is 2. The first-order chi connectivity index (χ1) is 14.3. The maximum absolute atomic E-state index is 12.9. The fourth-order valence-corrected chi connectivity index (χ4v) is 3.84. The molecule has 0 aliphatic heterocycles. The fraction of sp³-hybridized carbons (Fsp3) is 0.111. The topological polar surface area (TPSA) is 127 Å². The molecule has 3 rings (SSSR count). The van der Waals surface area contributed by atoms with E-state index in [1.165, 1.54) is 42.5 Å². The number of nitro benzene ring substituents is 1. The number of aromatic nitrogens is 2. The lowest BCUT2D eigenvalue weighted by molar-refractivity contribution is -0.385. The number of halogens is 1. The number of rotatable bonds is 7. The maximum Gasteiger partial charge on any atom is 0.273 e. The van der Waals surface area contributed by atoms with E-state index in [0.29, 0.717) is 15.6 Å². The van der Waals surface area contributed by atoms with Gasteiger partial charge >= 0.3 is 0 Å². The monoisotopic (exact) mass is 447 g/mol. The van der Waals surface area contributed by atoms with Gasteiger partial charge < -0.3 is 5.32 Å². The van der Waals surface area contributed by atoms with Crippen molar-refractivity contribution in [1.29, 1.82) is 0 Å². The van der Waals surface area contributed by atoms with Gasteiger partial charge in [0.1, 0.15) is 5.82 Å². The molecule has 0 aliphatic carbocycles. The van der Waals surface area contributed by atoms with Crippen LogP contribution in [0.15, 0.2) is 46.8 Å². The second kappa shape index (κ2) is 9.41. The molecule has 30 heavy (non-hydrogen) atoms. The van der Waals surface area contributed by atoms with Crippen molar-refractivity contribution in [2.45, 2.75) is 11.3 Å². The van der Waals surface area contributed by atoms with E-state index < -0.39 is 16.6 Å². The van der Waals surface area contributed by atoms with Gasteiger partial charge in [0, 0.05) is 22.9 Å². The Morgan fingerprint density at radius 2 is 1.90 bits per heavy atom. The average molecular weight is 447 g/mol. The van der Waals surface area contributed by atoms with Gasteiger partial charge in [-0.15, -0.1) is 10.2 Å². The fourth-order valence-electron chi connectivity index (χ4n) is 2.29. The third-order valence-corrected chi connectivity index (χ3v) is 5.72. The van der Waals surface area contributed by atoms with E-state index in [9.17, 15) is 24.1 Å². The zero-order chi connectivity index (χ0) is 21.7. The van der Waals surface area contributed by atoms with Crippen molar-refractivity contribution in [1.82, 2.24) is 10.2 Å². The smallest absolute Gasteiger partial charge is 0.273 e. The normalized spacial score (nSPS) is 10.5. The van der Waals surface area contributed by atoms with Crippen LogP contribution in [0.25, 0.3) is 0 Å². The third-order valence-electron chi connectivity index (χ3n) is 3.75. The number of nitrogens with zero attached hydrogens (tertiary/aromatic N) is 3. The highest BCUT2D eigenvalue weighted by Gasteiger charge is 2.17. The summed E-state index contributed by atoms with van der Waals surface area (Å²) < 4.78 is 13.3. The molecular weight excluding hydrogens is 433 g/mol. The number of carbonyl (C=O) groups excluding carboxylic acids is 2. The minimum atomic E-state index is -0.556. The van der Waals surface area contributed by atoms with Gasteiger partial charge in [0.2, 0.25) is 11.0 Å². The number of hydrogen-bond donors (Lipinski definition) is 2. The highest BCUT2D eigenvalue weighted by Crippen LogP contribution is 2.26. The summed E-state index contributed by atoms with van der Waals surface area (Å²) in [6.45, 7) is 1.58. The molecule has 2 amide bonds. The first-order valence-corrected chi connectivity index (χ1v) is 10.2. The van der Waals surface area contributed by atoms with E-state index in [1.807, 2.05) is 0 Å². The summed E-state index contributed by atoms with van der Waals surface area (Å²) in [4.78, 5) is 34.7. The van der Waals surface area contributed by atoms with Crippen molar-refractivity contribution in [3.05, 3.63) is 69.5 Å². The number of thioether (sulfide) groups is 1. The zero-order valence-corrected chi connectivity index (χ0v) is 17.1. The Morgan fingerprint density at radius 1 is 1.17 bits per heavy atom. The number of aryl methyl sites for hydroxylation is 1. The molecule has 1 heterocycles. The summed E-state index contributed by atoms with van der Waals surface area (Å²) in [7, 11) is 0. The molecule has 0 saturated carbocycles. The van der Waals surface area contributed by atoms with Crippen LogP contribution in [0.3, 0.4) is 0 Å². The summed E-state index contributed by atoms with van der Waals surface area (Å²) >= 11 is 2.19. The van der Waals surface area contributed by atoms with E-state index in [1.54, 1.807) is 6.92 Å². The van der Waals surface area contributed by atoms with Crippen LogP contribution < -0.4 is 10.6 Å². The zero-order valence-electron chi connectivity index (χ0n) is 15.4. The first kappa shape index (κ1) is 21.3. The minimum absolute atomic E-state index is 0.0457. The number of benzene rings is 2. The Hall–Kier alpha value is -3.38. The van der Waals surface area contributed by atoms with Crippen LogP contribution in [-0.4, -0.2) is 32.7 Å². The van der Waals surface area contributed by atoms with Crippen molar-refractivity contribution in [3.8, 4) is 0 Å². The quantitative estimate of drug-likeness (QED) is 0.243. The van der Waals surface area contributed by atoms with Crippen molar-refractivity contribution in [2.75, 3.05) is 16.4 Å². The van der Waals surface area contributed by atoms with E-state index in [0.717, 1.165) is 23.1 Å². The molecule has 0 spiro atoms. The molecule has 1 aromatic heterocycles. The van der Waals surface area contributed by atoms with E-state index in [2.05, 4.69) is 20.8 Å². The van der Waals surface area contributed by atoms with Gasteiger partial charge in [0.05, 0.1) is 10.7 Å². The van der Waals surface area contributed by atoms with Gasteiger partial charge in [-0.2, -0.15) is 0 Å². The molecule has 0 radical (unpaired) electrons. The number of carbonyl (C=O) groups is 2. The highest BCUT2D eigenvalue weighted by atomic mass is 32.2. The molecule has 154 valence electrons. The summed E-state index contributed by atoms with van der Waals surface area (Å²) in [5, 5.41) is 24.1. The molecule has 0 saturated heterocycles. The predicted molar refractivity (Wildman–Crippen MR) is 111 cm³/mol. The SMILES string of the molecule is Cc1ccc(C(=O)Nc2nnc(SCC(=O)Nc3ccc(F)cc3)s2)cc1[N+](=O)[O-]. The number of anilines is 2. The molecule has 0 fully saturated rings. The maximum atomic E-state index is 12.9. The van der Waals surface area contributed by atoms with Gasteiger partial charge in [-0.25, -0.2) is 4.39 Å². The van der Waals surface area contributed by atoms with Crippen molar-refractivity contribution in [3.63, 3.8) is 0 Å². The van der Waals surface area contributed by atoms with E-state index in [4.69, 9.17) is 0 Å². The Balaban J connectivity index is 1.55. The van der Waals surface area contributed by atoms with Gasteiger partial charge in [-0.05, 0) is 37.3 Å². The van der Waals surface area contributed by atoms with E-state index in [-0.39, 0.29) is 28.0 Å². The molecule has 12 heteroatoms. The molecule has 2 aromatic carbocycles.